The van der Waals surface area contributed by atoms with Crippen molar-refractivity contribution in [3.8, 4) is 0 Å². The Balaban J connectivity index is 2.75. The number of halogens is 2. The molecule has 2 heteroatoms. The maximum absolute atomic E-state index is 11.8. The number of alkyl halides is 2. The molecule has 37 valence electrons. The molecule has 1 unspecified atom stereocenters. The molecule has 0 bridgehead atoms. The van der Waals surface area contributed by atoms with Gasteiger partial charge in [0.2, 0.25) is 0 Å². The SMILES string of the molecule is [CH2]CC(F)CI. The van der Waals surface area contributed by atoms with Gasteiger partial charge >= 0.3 is 0 Å². The highest BCUT2D eigenvalue weighted by Crippen LogP contribution is 1.99. The molecule has 0 aromatic carbocycles. The van der Waals surface area contributed by atoms with Crippen LogP contribution in [-0.4, -0.2) is 10.6 Å². The van der Waals surface area contributed by atoms with E-state index in [9.17, 15) is 4.39 Å². The smallest absolute Gasteiger partial charge is 0.109 e. The van der Waals surface area contributed by atoms with Crippen LogP contribution in [0.3, 0.4) is 0 Å². The Hall–Kier alpha value is 0.660. The molecule has 0 amide bonds. The highest BCUT2D eigenvalue weighted by Gasteiger charge is 1.95. The zero-order chi connectivity index (χ0) is 4.99. The van der Waals surface area contributed by atoms with E-state index in [0.717, 1.165) is 0 Å². The molecule has 0 aromatic heterocycles. The summed E-state index contributed by atoms with van der Waals surface area (Å²) in [6.07, 6.45) is -0.284. The lowest BCUT2D eigenvalue weighted by atomic mass is 10.3. The van der Waals surface area contributed by atoms with Crippen molar-refractivity contribution in [3.05, 3.63) is 6.92 Å². The fraction of sp³-hybridized carbons (Fsp3) is 0.750. The number of hydrogen-bond donors (Lipinski definition) is 0. The summed E-state index contributed by atoms with van der Waals surface area (Å²) in [5.41, 5.74) is 0. The van der Waals surface area contributed by atoms with Crippen LogP contribution in [0.2, 0.25) is 0 Å². The van der Waals surface area contributed by atoms with Gasteiger partial charge in [0.25, 0.3) is 0 Å². The minimum Gasteiger partial charge on any atom is -0.247 e. The summed E-state index contributed by atoms with van der Waals surface area (Å²) in [5.74, 6) is 0. The van der Waals surface area contributed by atoms with Crippen LogP contribution in [-0.2, 0) is 0 Å². The summed E-state index contributed by atoms with van der Waals surface area (Å²) >= 11 is 2.00. The molecule has 0 saturated carbocycles. The average molecular weight is 201 g/mol. The van der Waals surface area contributed by atoms with E-state index in [1.165, 1.54) is 0 Å². The van der Waals surface area contributed by atoms with E-state index in [-0.39, 0.29) is 0 Å². The van der Waals surface area contributed by atoms with Crippen LogP contribution >= 0.6 is 22.6 Å². The molecule has 0 heterocycles. The van der Waals surface area contributed by atoms with Crippen LogP contribution in [0.15, 0.2) is 0 Å². The third-order valence-electron chi connectivity index (χ3n) is 0.481. The van der Waals surface area contributed by atoms with E-state index in [2.05, 4.69) is 6.92 Å². The lowest BCUT2D eigenvalue weighted by Crippen LogP contribution is -1.96. The monoisotopic (exact) mass is 201 g/mol. The standard InChI is InChI=1S/C4H7FI/c1-2-4(5)3-6/h4H,1-3H2. The van der Waals surface area contributed by atoms with Crippen LogP contribution in [0.25, 0.3) is 0 Å². The Bertz CT molecular complexity index is 26.7. The van der Waals surface area contributed by atoms with Gasteiger partial charge in [-0.05, 0) is 6.42 Å². The highest BCUT2D eigenvalue weighted by atomic mass is 127. The molecule has 0 spiro atoms. The van der Waals surface area contributed by atoms with Crippen molar-refractivity contribution in [1.29, 1.82) is 0 Å². The molecule has 1 radical (unpaired) electrons. The van der Waals surface area contributed by atoms with Gasteiger partial charge in [-0.3, -0.25) is 0 Å². The molecular formula is C4H7FI. The summed E-state index contributed by atoms with van der Waals surface area (Å²) in [6, 6.07) is 0. The number of hydrogen-bond acceptors (Lipinski definition) is 0. The van der Waals surface area contributed by atoms with Crippen molar-refractivity contribution in [2.45, 2.75) is 12.6 Å². The van der Waals surface area contributed by atoms with E-state index in [0.29, 0.717) is 10.8 Å². The molecule has 0 fully saturated rings. The van der Waals surface area contributed by atoms with Crippen molar-refractivity contribution in [1.82, 2.24) is 0 Å². The normalized spacial score (nSPS) is 14.5. The molecule has 0 aromatic rings. The minimum absolute atomic E-state index is 0.406. The van der Waals surface area contributed by atoms with E-state index >= 15 is 0 Å². The van der Waals surface area contributed by atoms with Gasteiger partial charge < -0.3 is 0 Å². The first-order valence-electron chi connectivity index (χ1n) is 1.80. The predicted molar refractivity (Wildman–Crippen MR) is 33.8 cm³/mol. The largest absolute Gasteiger partial charge is 0.247 e. The molecule has 0 nitrogen and oxygen atoms in total. The molecule has 0 saturated heterocycles. The Morgan fingerprint density at radius 3 is 2.33 bits per heavy atom. The second-order valence-corrected chi connectivity index (χ2v) is 1.92. The van der Waals surface area contributed by atoms with E-state index in [4.69, 9.17) is 0 Å². The van der Waals surface area contributed by atoms with Gasteiger partial charge in [0, 0.05) is 4.43 Å². The fourth-order valence-electron chi connectivity index (χ4n) is 0.0772. The van der Waals surface area contributed by atoms with Crippen molar-refractivity contribution >= 4 is 22.6 Å². The van der Waals surface area contributed by atoms with Crippen molar-refractivity contribution < 1.29 is 4.39 Å². The molecule has 0 N–H and O–H groups in total. The Morgan fingerprint density at radius 1 is 1.83 bits per heavy atom. The maximum atomic E-state index is 11.8. The summed E-state index contributed by atoms with van der Waals surface area (Å²) in [7, 11) is 0. The molecule has 6 heavy (non-hydrogen) atoms. The van der Waals surface area contributed by atoms with Gasteiger partial charge in [-0.25, -0.2) is 4.39 Å². The fourth-order valence-corrected chi connectivity index (χ4v) is 0.518. The van der Waals surface area contributed by atoms with E-state index in [1.807, 2.05) is 22.6 Å². The Morgan fingerprint density at radius 2 is 2.33 bits per heavy atom. The lowest BCUT2D eigenvalue weighted by Gasteiger charge is -1.92. The minimum atomic E-state index is -0.689. The number of rotatable bonds is 2. The molecule has 0 aliphatic heterocycles. The van der Waals surface area contributed by atoms with Gasteiger partial charge in [-0.2, -0.15) is 0 Å². The lowest BCUT2D eigenvalue weighted by molar-refractivity contribution is 0.375. The van der Waals surface area contributed by atoms with E-state index in [1.54, 1.807) is 0 Å². The maximum Gasteiger partial charge on any atom is 0.109 e. The third-order valence-corrected chi connectivity index (χ3v) is 1.44. The first-order chi connectivity index (χ1) is 2.81. The Kier molecular flexibility index (Phi) is 4.26. The van der Waals surface area contributed by atoms with Crippen LogP contribution in [0.1, 0.15) is 6.42 Å². The average Bonchev–Trinajstić information content (AvgIpc) is 1.65. The zero-order valence-corrected chi connectivity index (χ0v) is 5.61. The van der Waals surface area contributed by atoms with Gasteiger partial charge in [0.1, 0.15) is 6.17 Å². The van der Waals surface area contributed by atoms with Gasteiger partial charge in [0.05, 0.1) is 0 Å². The first-order valence-corrected chi connectivity index (χ1v) is 3.33. The van der Waals surface area contributed by atoms with Crippen LogP contribution in [0.5, 0.6) is 0 Å². The van der Waals surface area contributed by atoms with Crippen molar-refractivity contribution in [2.75, 3.05) is 4.43 Å². The third kappa shape index (κ3) is 2.87. The summed E-state index contributed by atoms with van der Waals surface area (Å²) < 4.78 is 12.4. The Labute approximate surface area is 51.3 Å². The zero-order valence-electron chi connectivity index (χ0n) is 3.45. The topological polar surface area (TPSA) is 0 Å². The van der Waals surface area contributed by atoms with Crippen LogP contribution < -0.4 is 0 Å². The van der Waals surface area contributed by atoms with Gasteiger partial charge in [-0.15, -0.1) is 0 Å². The molecule has 0 rings (SSSR count). The van der Waals surface area contributed by atoms with E-state index < -0.39 is 6.17 Å². The first kappa shape index (κ1) is 6.66. The summed E-state index contributed by atoms with van der Waals surface area (Å²) in [4.78, 5) is 0. The summed E-state index contributed by atoms with van der Waals surface area (Å²) in [6.45, 7) is 3.38. The molecule has 1 atom stereocenters. The quantitative estimate of drug-likeness (QED) is 0.473. The van der Waals surface area contributed by atoms with Gasteiger partial charge in [0.15, 0.2) is 0 Å². The van der Waals surface area contributed by atoms with Gasteiger partial charge in [-0.1, -0.05) is 29.5 Å². The predicted octanol–water partition coefficient (Wildman–Crippen LogP) is 1.98. The summed E-state index contributed by atoms with van der Waals surface area (Å²) in [5, 5.41) is 0. The molecule has 0 aliphatic carbocycles. The second-order valence-electron chi connectivity index (χ2n) is 1.04. The van der Waals surface area contributed by atoms with Crippen molar-refractivity contribution in [3.63, 3.8) is 0 Å². The van der Waals surface area contributed by atoms with Crippen LogP contribution in [0, 0.1) is 6.92 Å². The van der Waals surface area contributed by atoms with Crippen LogP contribution in [0.4, 0.5) is 4.39 Å². The second kappa shape index (κ2) is 3.84. The molecule has 0 aliphatic rings. The highest BCUT2D eigenvalue weighted by molar-refractivity contribution is 14.1. The van der Waals surface area contributed by atoms with Crippen molar-refractivity contribution in [2.24, 2.45) is 0 Å². The molecular weight excluding hydrogens is 194 g/mol.